The van der Waals surface area contributed by atoms with E-state index >= 15 is 0 Å². The highest BCUT2D eigenvalue weighted by atomic mass is 32.1. The number of nitrogens with one attached hydrogen (secondary N) is 1. The van der Waals surface area contributed by atoms with Gasteiger partial charge in [0.15, 0.2) is 11.5 Å². The van der Waals surface area contributed by atoms with Gasteiger partial charge in [-0.25, -0.2) is 9.97 Å². The summed E-state index contributed by atoms with van der Waals surface area (Å²) in [5.74, 6) is 1.74. The fourth-order valence-electron chi connectivity index (χ4n) is 2.51. The predicted octanol–water partition coefficient (Wildman–Crippen LogP) is 3.42. The molecule has 1 aliphatic rings. The largest absolute Gasteiger partial charge is 0.454 e. The van der Waals surface area contributed by atoms with Crippen molar-refractivity contribution in [2.75, 3.05) is 6.79 Å². The van der Waals surface area contributed by atoms with Crippen LogP contribution in [-0.4, -0.2) is 21.3 Å². The lowest BCUT2D eigenvalue weighted by Crippen LogP contribution is -2.17. The minimum Gasteiger partial charge on any atom is -0.454 e. The minimum atomic E-state index is -2.59. The minimum absolute atomic E-state index is 0.236. The summed E-state index contributed by atoms with van der Waals surface area (Å²) in [5, 5.41) is 5.89. The van der Waals surface area contributed by atoms with Crippen molar-refractivity contribution < 1.29 is 18.3 Å². The maximum Gasteiger partial charge on any atom is 0.319 e. The molecule has 0 unspecified atom stereocenters. The summed E-state index contributed by atoms with van der Waals surface area (Å²) in [7, 11) is 0. The molecule has 1 N–H and O–H groups in total. The number of imidazole rings is 1. The fraction of sp³-hybridized carbons (Fsp3) is 0.250. The average Bonchev–Trinajstić information content (AvgIpc) is 3.34. The van der Waals surface area contributed by atoms with Gasteiger partial charge in [-0.15, -0.1) is 11.3 Å². The summed E-state index contributed by atoms with van der Waals surface area (Å²) in [6.45, 7) is -1.64. The molecule has 0 saturated heterocycles. The monoisotopic (exact) mass is 364 g/mol. The molecule has 2 aromatic heterocycles. The van der Waals surface area contributed by atoms with E-state index in [0.29, 0.717) is 18.1 Å². The van der Waals surface area contributed by atoms with E-state index in [0.717, 1.165) is 26.6 Å². The highest BCUT2D eigenvalue weighted by molar-refractivity contribution is 7.13. The van der Waals surface area contributed by atoms with Gasteiger partial charge in [0.2, 0.25) is 6.79 Å². The fourth-order valence-corrected chi connectivity index (χ4v) is 3.33. The first-order chi connectivity index (χ1) is 12.2. The normalized spacial score (nSPS) is 12.9. The highest BCUT2D eigenvalue weighted by Crippen LogP contribution is 2.36. The highest BCUT2D eigenvalue weighted by Gasteiger charge is 2.15. The molecule has 0 radical (unpaired) electrons. The zero-order valence-corrected chi connectivity index (χ0v) is 13.8. The Morgan fingerprint density at radius 1 is 1.24 bits per heavy atom. The summed E-state index contributed by atoms with van der Waals surface area (Å²) < 4.78 is 37.0. The molecule has 0 spiro atoms. The predicted molar refractivity (Wildman–Crippen MR) is 87.7 cm³/mol. The molecule has 3 heterocycles. The third-order valence-corrected chi connectivity index (χ3v) is 4.66. The maximum atomic E-state index is 12.8. The second-order valence-corrected chi connectivity index (χ2v) is 6.20. The molecular formula is C16H14F2N4O2S. The standard InChI is InChI=1S/C16H14F2N4O2S/c17-16(18)22-4-3-20-14(22)7-19-6-11-8-25-15(21-11)10-1-2-12-13(5-10)24-9-23-12/h1-5,8,16,19H,6-7,9H2. The second-order valence-electron chi connectivity index (χ2n) is 5.34. The molecule has 0 bridgehead atoms. The number of halogens is 2. The number of rotatable bonds is 6. The third-order valence-electron chi connectivity index (χ3n) is 3.72. The number of ether oxygens (including phenoxy) is 2. The number of thiazole rings is 1. The van der Waals surface area contributed by atoms with Gasteiger partial charge in [0, 0.05) is 29.9 Å². The van der Waals surface area contributed by atoms with Crippen LogP contribution in [0.2, 0.25) is 0 Å². The van der Waals surface area contributed by atoms with Crippen molar-refractivity contribution in [3.63, 3.8) is 0 Å². The molecule has 1 aliphatic heterocycles. The van der Waals surface area contributed by atoms with E-state index in [1.165, 1.54) is 23.7 Å². The first kappa shape index (κ1) is 16.0. The van der Waals surface area contributed by atoms with E-state index in [4.69, 9.17) is 9.47 Å². The molecule has 130 valence electrons. The van der Waals surface area contributed by atoms with Gasteiger partial charge in [-0.2, -0.15) is 8.78 Å². The van der Waals surface area contributed by atoms with E-state index in [1.807, 2.05) is 23.6 Å². The summed E-state index contributed by atoms with van der Waals surface area (Å²) in [6, 6.07) is 5.70. The van der Waals surface area contributed by atoms with E-state index in [9.17, 15) is 8.78 Å². The lowest BCUT2D eigenvalue weighted by molar-refractivity contribution is 0.0666. The van der Waals surface area contributed by atoms with Gasteiger partial charge in [-0.05, 0) is 18.2 Å². The van der Waals surface area contributed by atoms with E-state index in [1.54, 1.807) is 0 Å². The summed E-state index contributed by atoms with van der Waals surface area (Å²) in [4.78, 5) is 8.50. The van der Waals surface area contributed by atoms with Crippen molar-refractivity contribution in [1.82, 2.24) is 19.9 Å². The van der Waals surface area contributed by atoms with Crippen LogP contribution < -0.4 is 14.8 Å². The first-order valence-corrected chi connectivity index (χ1v) is 8.43. The smallest absolute Gasteiger partial charge is 0.319 e. The Balaban J connectivity index is 1.39. The van der Waals surface area contributed by atoms with Crippen molar-refractivity contribution in [2.24, 2.45) is 0 Å². The number of hydrogen-bond donors (Lipinski definition) is 1. The third kappa shape index (κ3) is 3.33. The number of benzene rings is 1. The SMILES string of the molecule is FC(F)n1ccnc1CNCc1csc(-c2ccc3c(c2)OCO3)n1. The quantitative estimate of drug-likeness (QED) is 0.726. The topological polar surface area (TPSA) is 61.2 Å². The van der Waals surface area contributed by atoms with Crippen LogP contribution in [0.5, 0.6) is 11.5 Å². The number of aromatic nitrogens is 3. The summed E-state index contributed by atoms with van der Waals surface area (Å²) in [5.41, 5.74) is 1.79. The van der Waals surface area contributed by atoms with Crippen molar-refractivity contribution in [2.45, 2.75) is 19.6 Å². The molecule has 3 aromatic rings. The Kier molecular flexibility index (Phi) is 4.33. The molecule has 0 atom stereocenters. The molecule has 25 heavy (non-hydrogen) atoms. The zero-order valence-electron chi connectivity index (χ0n) is 13.0. The van der Waals surface area contributed by atoms with Crippen molar-refractivity contribution in [3.8, 4) is 22.1 Å². The number of fused-ring (bicyclic) bond motifs is 1. The van der Waals surface area contributed by atoms with Gasteiger partial charge in [-0.3, -0.25) is 4.57 Å². The Morgan fingerprint density at radius 2 is 2.12 bits per heavy atom. The second kappa shape index (κ2) is 6.77. The number of alkyl halides is 2. The first-order valence-electron chi connectivity index (χ1n) is 7.56. The summed E-state index contributed by atoms with van der Waals surface area (Å²) >= 11 is 1.52. The van der Waals surface area contributed by atoms with Crippen molar-refractivity contribution in [1.29, 1.82) is 0 Å². The Hall–Kier alpha value is -2.52. The van der Waals surface area contributed by atoms with Crippen LogP contribution in [0.4, 0.5) is 8.78 Å². The van der Waals surface area contributed by atoms with Crippen LogP contribution in [0, 0.1) is 0 Å². The van der Waals surface area contributed by atoms with Crippen LogP contribution >= 0.6 is 11.3 Å². The van der Waals surface area contributed by atoms with E-state index < -0.39 is 6.55 Å². The van der Waals surface area contributed by atoms with E-state index in [2.05, 4.69) is 15.3 Å². The Bertz CT molecular complexity index is 881. The van der Waals surface area contributed by atoms with Gasteiger partial charge in [0.1, 0.15) is 10.8 Å². The molecule has 4 rings (SSSR count). The number of hydrogen-bond acceptors (Lipinski definition) is 6. The molecule has 0 fully saturated rings. The van der Waals surface area contributed by atoms with Gasteiger partial charge in [0.25, 0.3) is 0 Å². The zero-order chi connectivity index (χ0) is 17.2. The average molecular weight is 364 g/mol. The lowest BCUT2D eigenvalue weighted by Gasteiger charge is -2.06. The summed E-state index contributed by atoms with van der Waals surface area (Å²) in [6.07, 6.45) is 2.63. The molecule has 9 heteroatoms. The van der Waals surface area contributed by atoms with Crippen LogP contribution in [0.15, 0.2) is 36.0 Å². The van der Waals surface area contributed by atoms with Crippen LogP contribution in [0.3, 0.4) is 0 Å². The maximum absolute atomic E-state index is 12.8. The Labute approximate surface area is 146 Å². The molecular weight excluding hydrogens is 350 g/mol. The molecule has 0 saturated carbocycles. The van der Waals surface area contributed by atoms with Crippen molar-refractivity contribution >= 4 is 11.3 Å². The van der Waals surface area contributed by atoms with Crippen LogP contribution in [-0.2, 0) is 13.1 Å². The van der Waals surface area contributed by atoms with E-state index in [-0.39, 0.29) is 13.3 Å². The molecule has 0 aliphatic carbocycles. The molecule has 0 amide bonds. The lowest BCUT2D eigenvalue weighted by atomic mass is 10.2. The van der Waals surface area contributed by atoms with Gasteiger partial charge in [0.05, 0.1) is 12.2 Å². The van der Waals surface area contributed by atoms with Crippen LogP contribution in [0.25, 0.3) is 10.6 Å². The van der Waals surface area contributed by atoms with Crippen LogP contribution in [0.1, 0.15) is 18.1 Å². The molecule has 6 nitrogen and oxygen atoms in total. The van der Waals surface area contributed by atoms with Gasteiger partial charge >= 0.3 is 6.55 Å². The number of nitrogens with zero attached hydrogens (tertiary/aromatic N) is 3. The molecule has 1 aromatic carbocycles. The Morgan fingerprint density at radius 3 is 3.00 bits per heavy atom. The van der Waals surface area contributed by atoms with Gasteiger partial charge < -0.3 is 14.8 Å². The van der Waals surface area contributed by atoms with Gasteiger partial charge in [-0.1, -0.05) is 0 Å². The van der Waals surface area contributed by atoms with Crippen molar-refractivity contribution in [3.05, 3.63) is 47.5 Å².